The van der Waals surface area contributed by atoms with Crippen LogP contribution in [0.15, 0.2) is 65.7 Å². The van der Waals surface area contributed by atoms with E-state index in [0.717, 1.165) is 5.52 Å². The molecule has 92 valence electrons. The van der Waals surface area contributed by atoms with Gasteiger partial charge in [-0.1, -0.05) is 42.1 Å². The van der Waals surface area contributed by atoms with Crippen LogP contribution in [0.2, 0.25) is 0 Å². The van der Waals surface area contributed by atoms with Gasteiger partial charge in [-0.05, 0) is 29.8 Å². The third-order valence-electron chi connectivity index (χ3n) is 3.38. The molecule has 0 bridgehead atoms. The second kappa shape index (κ2) is 4.28. The van der Waals surface area contributed by atoms with E-state index in [0.29, 0.717) is 0 Å². The number of thioether (sulfide) groups is 1. The summed E-state index contributed by atoms with van der Waals surface area (Å²) < 4.78 is 0. The van der Waals surface area contributed by atoms with Crippen molar-refractivity contribution in [2.75, 3.05) is 5.32 Å². The second-order valence-electron chi connectivity index (χ2n) is 4.56. The maximum Gasteiger partial charge on any atom is 0.103 e. The summed E-state index contributed by atoms with van der Waals surface area (Å²) in [6.45, 7) is 0. The summed E-state index contributed by atoms with van der Waals surface area (Å²) >= 11 is 1.87. The van der Waals surface area contributed by atoms with Crippen LogP contribution in [0.25, 0.3) is 10.9 Å². The van der Waals surface area contributed by atoms with Gasteiger partial charge >= 0.3 is 0 Å². The summed E-state index contributed by atoms with van der Waals surface area (Å²) in [5, 5.41) is 5.07. The Morgan fingerprint density at radius 2 is 1.79 bits per heavy atom. The Balaban J connectivity index is 1.81. The molecule has 1 aliphatic rings. The van der Waals surface area contributed by atoms with Crippen molar-refractivity contribution in [3.8, 4) is 0 Å². The minimum atomic E-state index is 0.269. The quantitative estimate of drug-likeness (QED) is 0.703. The molecule has 2 heterocycles. The van der Waals surface area contributed by atoms with Crippen molar-refractivity contribution in [1.29, 1.82) is 0 Å². The Bertz CT molecular complexity index is 724. The summed E-state index contributed by atoms with van der Waals surface area (Å²) in [6, 6.07) is 18.9. The van der Waals surface area contributed by atoms with Gasteiger partial charge in [-0.3, -0.25) is 4.98 Å². The van der Waals surface area contributed by atoms with Crippen LogP contribution in [0.1, 0.15) is 10.9 Å². The van der Waals surface area contributed by atoms with Crippen LogP contribution < -0.4 is 5.32 Å². The molecule has 0 saturated heterocycles. The number of anilines is 1. The molecule has 1 aliphatic heterocycles. The van der Waals surface area contributed by atoms with Crippen molar-refractivity contribution in [3.05, 3.63) is 66.4 Å². The zero-order valence-electron chi connectivity index (χ0n) is 10.2. The molecule has 0 saturated carbocycles. The Morgan fingerprint density at radius 1 is 0.947 bits per heavy atom. The third kappa shape index (κ3) is 1.78. The van der Waals surface area contributed by atoms with Gasteiger partial charge in [-0.15, -0.1) is 0 Å². The Kier molecular flexibility index (Phi) is 2.45. The smallest absolute Gasteiger partial charge is 0.103 e. The average Bonchev–Trinajstić information content (AvgIpc) is 2.90. The maximum atomic E-state index is 4.43. The number of fused-ring (bicyclic) bond motifs is 2. The molecule has 1 unspecified atom stereocenters. The van der Waals surface area contributed by atoms with Crippen LogP contribution in [0.3, 0.4) is 0 Å². The van der Waals surface area contributed by atoms with Gasteiger partial charge in [0.25, 0.3) is 0 Å². The molecule has 0 fully saturated rings. The number of rotatable bonds is 1. The van der Waals surface area contributed by atoms with Gasteiger partial charge in [-0.2, -0.15) is 0 Å². The summed E-state index contributed by atoms with van der Waals surface area (Å²) in [7, 11) is 0. The van der Waals surface area contributed by atoms with E-state index < -0.39 is 0 Å². The normalized spacial score (nSPS) is 17.2. The highest BCUT2D eigenvalue weighted by Gasteiger charge is 2.23. The molecule has 0 radical (unpaired) electrons. The highest BCUT2D eigenvalue weighted by atomic mass is 32.2. The topological polar surface area (TPSA) is 24.9 Å². The number of pyridine rings is 1. The van der Waals surface area contributed by atoms with Gasteiger partial charge in [0.05, 0.1) is 5.52 Å². The molecular weight excluding hydrogens is 252 g/mol. The first-order chi connectivity index (χ1) is 9.42. The lowest BCUT2D eigenvalue weighted by molar-refractivity contribution is 1.14. The predicted molar refractivity (Wildman–Crippen MR) is 80.4 cm³/mol. The van der Waals surface area contributed by atoms with E-state index in [9.17, 15) is 0 Å². The molecule has 2 nitrogen and oxygen atoms in total. The fourth-order valence-electron chi connectivity index (χ4n) is 2.47. The number of hydrogen-bond donors (Lipinski definition) is 1. The lowest BCUT2D eigenvalue weighted by atomic mass is 10.1. The first-order valence-electron chi connectivity index (χ1n) is 6.28. The number of benzene rings is 2. The molecule has 1 atom stereocenters. The molecule has 0 spiro atoms. The fourth-order valence-corrected chi connectivity index (χ4v) is 3.66. The molecule has 2 aromatic carbocycles. The van der Waals surface area contributed by atoms with E-state index in [2.05, 4.69) is 58.8 Å². The molecule has 1 aromatic heterocycles. The van der Waals surface area contributed by atoms with Gasteiger partial charge in [0.2, 0.25) is 0 Å². The lowest BCUT2D eigenvalue weighted by Gasteiger charge is -2.13. The predicted octanol–water partition coefficient (Wildman–Crippen LogP) is 4.45. The molecular formula is C16H12N2S. The van der Waals surface area contributed by atoms with Crippen LogP contribution in [-0.2, 0) is 0 Å². The fraction of sp³-hybridized carbons (Fsp3) is 0.0625. The summed E-state index contributed by atoms with van der Waals surface area (Å²) in [6.07, 6.45) is 1.89. The highest BCUT2D eigenvalue weighted by molar-refractivity contribution is 8.00. The van der Waals surface area contributed by atoms with Crippen molar-refractivity contribution in [2.45, 2.75) is 10.3 Å². The number of nitrogens with one attached hydrogen (secondary N) is 1. The molecule has 19 heavy (non-hydrogen) atoms. The van der Waals surface area contributed by atoms with Crippen LogP contribution in [0.5, 0.6) is 0 Å². The molecule has 4 rings (SSSR count). The average molecular weight is 264 g/mol. The number of aromatic nitrogens is 1. The van der Waals surface area contributed by atoms with Crippen LogP contribution in [0.4, 0.5) is 5.69 Å². The largest absolute Gasteiger partial charge is 0.368 e. The van der Waals surface area contributed by atoms with Crippen LogP contribution in [-0.4, -0.2) is 4.98 Å². The first kappa shape index (κ1) is 10.9. The summed E-state index contributed by atoms with van der Waals surface area (Å²) in [5.41, 5.74) is 3.57. The van der Waals surface area contributed by atoms with Crippen molar-refractivity contribution < 1.29 is 0 Å². The standard InChI is InChI=1S/C16H12N2S/c1-2-6-13-11(5-1)12(9-10-17-13)16-18-14-7-3-4-8-15(14)19-16/h1-10,16,18H. The van der Waals surface area contributed by atoms with Crippen molar-refractivity contribution >= 4 is 28.4 Å². The van der Waals surface area contributed by atoms with E-state index >= 15 is 0 Å². The van der Waals surface area contributed by atoms with Gasteiger partial charge < -0.3 is 5.32 Å². The van der Waals surface area contributed by atoms with Crippen LogP contribution >= 0.6 is 11.8 Å². The molecule has 1 N–H and O–H groups in total. The number of para-hydroxylation sites is 2. The first-order valence-corrected chi connectivity index (χ1v) is 7.16. The number of hydrogen-bond acceptors (Lipinski definition) is 3. The van der Waals surface area contributed by atoms with E-state index in [1.165, 1.54) is 21.5 Å². The minimum Gasteiger partial charge on any atom is -0.368 e. The van der Waals surface area contributed by atoms with Crippen molar-refractivity contribution in [2.24, 2.45) is 0 Å². The van der Waals surface area contributed by atoms with Crippen molar-refractivity contribution in [1.82, 2.24) is 4.98 Å². The third-order valence-corrected chi connectivity index (χ3v) is 4.60. The van der Waals surface area contributed by atoms with Gasteiger partial charge in [0.15, 0.2) is 0 Å². The Labute approximate surface area is 115 Å². The lowest BCUT2D eigenvalue weighted by Crippen LogP contribution is -2.02. The van der Waals surface area contributed by atoms with Gasteiger partial charge in [0.1, 0.15) is 5.37 Å². The Morgan fingerprint density at radius 3 is 2.74 bits per heavy atom. The maximum absolute atomic E-state index is 4.43. The van der Waals surface area contributed by atoms with E-state index in [1.54, 1.807) is 0 Å². The van der Waals surface area contributed by atoms with Crippen LogP contribution in [0, 0.1) is 0 Å². The zero-order valence-corrected chi connectivity index (χ0v) is 11.0. The molecule has 0 aliphatic carbocycles. The summed E-state index contributed by atoms with van der Waals surface area (Å²) in [4.78, 5) is 5.74. The molecule has 3 heteroatoms. The van der Waals surface area contributed by atoms with E-state index in [1.807, 2.05) is 24.0 Å². The monoisotopic (exact) mass is 264 g/mol. The van der Waals surface area contributed by atoms with Gasteiger partial charge in [-0.25, -0.2) is 0 Å². The highest BCUT2D eigenvalue weighted by Crippen LogP contribution is 2.47. The van der Waals surface area contributed by atoms with Gasteiger partial charge in [0, 0.05) is 22.2 Å². The Hall–Kier alpha value is -2.00. The summed E-state index contributed by atoms with van der Waals surface area (Å²) in [5.74, 6) is 0. The van der Waals surface area contributed by atoms with Crippen molar-refractivity contribution in [3.63, 3.8) is 0 Å². The minimum absolute atomic E-state index is 0.269. The zero-order chi connectivity index (χ0) is 12.7. The molecule has 3 aromatic rings. The van der Waals surface area contributed by atoms with E-state index in [-0.39, 0.29) is 5.37 Å². The second-order valence-corrected chi connectivity index (χ2v) is 5.70. The molecule has 0 amide bonds. The van der Waals surface area contributed by atoms with E-state index in [4.69, 9.17) is 0 Å². The SMILES string of the molecule is c1ccc2c(c1)NC(c1ccnc3ccccc13)S2. The number of nitrogens with zero attached hydrogens (tertiary/aromatic N) is 1.